The zero-order valence-electron chi connectivity index (χ0n) is 19.9. The monoisotopic (exact) mass is 468 g/mol. The van der Waals surface area contributed by atoms with Crippen LogP contribution in [-0.2, 0) is 19.2 Å². The molecule has 4 unspecified atom stereocenters. The zero-order chi connectivity index (χ0) is 24.2. The average molecular weight is 469 g/mol. The molecule has 8 nitrogen and oxygen atoms in total. The van der Waals surface area contributed by atoms with Crippen LogP contribution in [0.5, 0.6) is 0 Å². The molecule has 2 bridgehead atoms. The SMILES string of the molecule is O=C=NC1CCC(CC2CCC(N=C=O)CC2)CC1.O=C=NCC1CC2CC1CC2CN=C=O. The van der Waals surface area contributed by atoms with Crippen molar-refractivity contribution in [1.29, 1.82) is 0 Å². The first kappa shape index (κ1) is 26.1. The second-order valence-electron chi connectivity index (χ2n) is 10.6. The molecule has 0 N–H and O–H groups in total. The molecule has 4 fully saturated rings. The maximum Gasteiger partial charge on any atom is 0.235 e. The van der Waals surface area contributed by atoms with Gasteiger partial charge in [-0.3, -0.25) is 0 Å². The van der Waals surface area contributed by atoms with Gasteiger partial charge in [0.1, 0.15) is 0 Å². The molecule has 0 aromatic rings. The normalized spacial score (nSPS) is 35.9. The Bertz CT molecular complexity index is 769. The van der Waals surface area contributed by atoms with Gasteiger partial charge in [0.2, 0.25) is 24.3 Å². The van der Waals surface area contributed by atoms with Gasteiger partial charge in [-0.05, 0) is 113 Å². The number of nitrogens with zero attached hydrogens (tertiary/aromatic N) is 4. The van der Waals surface area contributed by atoms with Crippen molar-refractivity contribution in [1.82, 2.24) is 0 Å². The highest BCUT2D eigenvalue weighted by molar-refractivity contribution is 5.34. The lowest BCUT2D eigenvalue weighted by atomic mass is 9.76. The van der Waals surface area contributed by atoms with E-state index in [-0.39, 0.29) is 12.1 Å². The third-order valence-electron chi connectivity index (χ3n) is 8.70. The Morgan fingerprint density at radius 2 is 0.941 bits per heavy atom. The lowest BCUT2D eigenvalue weighted by Gasteiger charge is -2.31. The molecule has 4 aliphatic carbocycles. The Morgan fingerprint density at radius 1 is 0.529 bits per heavy atom. The van der Waals surface area contributed by atoms with Crippen molar-refractivity contribution < 1.29 is 19.2 Å². The van der Waals surface area contributed by atoms with Gasteiger partial charge < -0.3 is 0 Å². The van der Waals surface area contributed by atoms with E-state index in [9.17, 15) is 19.2 Å². The number of carbonyl (C=O) groups excluding carboxylic acids is 4. The van der Waals surface area contributed by atoms with Crippen LogP contribution in [0.4, 0.5) is 0 Å². The quantitative estimate of drug-likeness (QED) is 0.385. The molecule has 0 heterocycles. The van der Waals surface area contributed by atoms with Crippen LogP contribution in [0.25, 0.3) is 0 Å². The second-order valence-corrected chi connectivity index (χ2v) is 10.6. The van der Waals surface area contributed by atoms with E-state index in [0.717, 1.165) is 50.4 Å². The summed E-state index contributed by atoms with van der Waals surface area (Å²) in [5.74, 6) is 4.09. The van der Waals surface area contributed by atoms with Gasteiger partial charge in [-0.15, -0.1) is 0 Å². The molecule has 0 aromatic carbocycles. The zero-order valence-corrected chi connectivity index (χ0v) is 19.9. The van der Waals surface area contributed by atoms with E-state index in [1.165, 1.54) is 38.5 Å². The highest BCUT2D eigenvalue weighted by Gasteiger charge is 2.45. The van der Waals surface area contributed by atoms with Crippen molar-refractivity contribution in [3.05, 3.63) is 0 Å². The van der Waals surface area contributed by atoms with Crippen molar-refractivity contribution in [3.63, 3.8) is 0 Å². The molecule has 0 spiro atoms. The van der Waals surface area contributed by atoms with Crippen LogP contribution in [-0.4, -0.2) is 49.5 Å². The molecule has 0 aromatic heterocycles. The topological polar surface area (TPSA) is 118 Å². The summed E-state index contributed by atoms with van der Waals surface area (Å²) in [6.45, 7) is 1.27. The number of hydrogen-bond acceptors (Lipinski definition) is 8. The van der Waals surface area contributed by atoms with Crippen molar-refractivity contribution >= 4 is 24.3 Å². The summed E-state index contributed by atoms with van der Waals surface area (Å²) in [7, 11) is 0. The first-order valence-electron chi connectivity index (χ1n) is 12.9. The number of isocyanates is 4. The van der Waals surface area contributed by atoms with Gasteiger partial charge in [0.05, 0.1) is 25.2 Å². The minimum Gasteiger partial charge on any atom is -0.211 e. The number of fused-ring (bicyclic) bond motifs is 2. The van der Waals surface area contributed by atoms with Gasteiger partial charge in [0.25, 0.3) is 0 Å². The van der Waals surface area contributed by atoms with E-state index < -0.39 is 0 Å². The van der Waals surface area contributed by atoms with Gasteiger partial charge in [-0.25, -0.2) is 39.1 Å². The maximum atomic E-state index is 10.2. The Kier molecular flexibility index (Phi) is 10.8. The lowest BCUT2D eigenvalue weighted by molar-refractivity contribution is 0.226. The molecule has 34 heavy (non-hydrogen) atoms. The fraction of sp³-hybridized carbons (Fsp3) is 0.846. The molecule has 4 aliphatic rings. The van der Waals surface area contributed by atoms with Gasteiger partial charge >= 0.3 is 0 Å². The van der Waals surface area contributed by atoms with Crippen LogP contribution in [0.2, 0.25) is 0 Å². The minimum atomic E-state index is 0.228. The highest BCUT2D eigenvalue weighted by atomic mass is 16.1. The molecule has 4 atom stereocenters. The number of aliphatic imine (C=N–C) groups is 4. The van der Waals surface area contributed by atoms with Gasteiger partial charge in [-0.1, -0.05) is 0 Å². The first-order valence-corrected chi connectivity index (χ1v) is 12.9. The number of hydrogen-bond donors (Lipinski definition) is 0. The third-order valence-corrected chi connectivity index (χ3v) is 8.70. The van der Waals surface area contributed by atoms with Crippen LogP contribution in [0.15, 0.2) is 20.0 Å². The fourth-order valence-electron chi connectivity index (χ4n) is 6.91. The maximum absolute atomic E-state index is 10.2. The molecule has 4 rings (SSSR count). The smallest absolute Gasteiger partial charge is 0.211 e. The highest BCUT2D eigenvalue weighted by Crippen LogP contribution is 2.51. The van der Waals surface area contributed by atoms with Crippen molar-refractivity contribution in [2.75, 3.05) is 13.1 Å². The van der Waals surface area contributed by atoms with Gasteiger partial charge in [0.15, 0.2) is 0 Å². The average Bonchev–Trinajstić information content (AvgIpc) is 3.45. The Labute approximate surface area is 201 Å². The number of rotatable bonds is 8. The van der Waals surface area contributed by atoms with Crippen LogP contribution in [0.1, 0.15) is 77.0 Å². The van der Waals surface area contributed by atoms with Crippen LogP contribution in [0, 0.1) is 35.5 Å². The molecule has 0 aliphatic heterocycles. The van der Waals surface area contributed by atoms with Gasteiger partial charge in [-0.2, -0.15) is 0 Å². The molecule has 0 amide bonds. The van der Waals surface area contributed by atoms with E-state index >= 15 is 0 Å². The summed E-state index contributed by atoms with van der Waals surface area (Å²) in [5.41, 5.74) is 0. The summed E-state index contributed by atoms with van der Waals surface area (Å²) in [4.78, 5) is 55.5. The predicted molar refractivity (Wildman–Crippen MR) is 126 cm³/mol. The molecule has 0 radical (unpaired) electrons. The first-order chi connectivity index (χ1) is 16.7. The second kappa shape index (κ2) is 14.0. The van der Waals surface area contributed by atoms with E-state index in [4.69, 9.17) is 0 Å². The van der Waals surface area contributed by atoms with E-state index in [0.29, 0.717) is 36.8 Å². The standard InChI is InChI=1S/C15H22N2O2.C11H14N2O2/c18-10-16-14-5-1-12(2-6-14)9-13-3-7-15(8-4-13)17-11-19;14-6-12-4-10-2-8-1-9(10)3-11(8)5-13-7-15/h12-15H,1-9H2;8-11H,1-5H2. The third kappa shape index (κ3) is 7.79. The minimum absolute atomic E-state index is 0.228. The van der Waals surface area contributed by atoms with Crippen LogP contribution >= 0.6 is 0 Å². The molecule has 4 saturated carbocycles. The van der Waals surface area contributed by atoms with E-state index in [2.05, 4.69) is 20.0 Å². The summed E-state index contributed by atoms with van der Waals surface area (Å²) in [5, 5.41) is 0. The Balaban J connectivity index is 0.000000196. The van der Waals surface area contributed by atoms with E-state index in [1.807, 2.05) is 0 Å². The Hall–Kier alpha value is -2.48. The molecular weight excluding hydrogens is 432 g/mol. The van der Waals surface area contributed by atoms with Crippen LogP contribution in [0.3, 0.4) is 0 Å². The largest absolute Gasteiger partial charge is 0.235 e. The summed E-state index contributed by atoms with van der Waals surface area (Å²) in [6.07, 6.45) is 20.3. The van der Waals surface area contributed by atoms with Crippen LogP contribution < -0.4 is 0 Å². The van der Waals surface area contributed by atoms with Crippen molar-refractivity contribution in [3.8, 4) is 0 Å². The predicted octanol–water partition coefficient (Wildman–Crippen LogP) is 4.49. The fourth-order valence-corrected chi connectivity index (χ4v) is 6.91. The molecule has 184 valence electrons. The lowest BCUT2D eigenvalue weighted by Crippen LogP contribution is -2.23. The summed E-state index contributed by atoms with van der Waals surface area (Å²) >= 11 is 0. The van der Waals surface area contributed by atoms with Crippen molar-refractivity contribution in [2.24, 2.45) is 55.5 Å². The summed E-state index contributed by atoms with van der Waals surface area (Å²) < 4.78 is 0. The molecule has 8 heteroatoms. The van der Waals surface area contributed by atoms with Gasteiger partial charge in [0, 0.05) is 0 Å². The summed E-state index contributed by atoms with van der Waals surface area (Å²) in [6, 6.07) is 0.456. The molecular formula is C26H36N4O4. The Morgan fingerprint density at radius 3 is 1.26 bits per heavy atom. The van der Waals surface area contributed by atoms with E-state index in [1.54, 1.807) is 24.3 Å². The molecule has 0 saturated heterocycles. The van der Waals surface area contributed by atoms with Crippen molar-refractivity contribution in [2.45, 2.75) is 89.1 Å².